The number of halogens is 1. The summed E-state index contributed by atoms with van der Waals surface area (Å²) in [6.07, 6.45) is 0.526. The zero-order chi connectivity index (χ0) is 12.9. The van der Waals surface area contributed by atoms with Gasteiger partial charge in [-0.2, -0.15) is 0 Å². The molecule has 17 heavy (non-hydrogen) atoms. The monoisotopic (exact) mass is 262 g/mol. The van der Waals surface area contributed by atoms with Gasteiger partial charge in [-0.05, 0) is 31.2 Å². The van der Waals surface area contributed by atoms with Crippen LogP contribution >= 0.6 is 0 Å². The smallest absolute Gasteiger partial charge is 0.240 e. The van der Waals surface area contributed by atoms with Gasteiger partial charge in [-0.25, -0.2) is 17.5 Å². The van der Waals surface area contributed by atoms with Crippen molar-refractivity contribution >= 4 is 10.0 Å². The van der Waals surface area contributed by atoms with Gasteiger partial charge in [-0.1, -0.05) is 0 Å². The van der Waals surface area contributed by atoms with Crippen molar-refractivity contribution in [1.29, 1.82) is 0 Å². The van der Waals surface area contributed by atoms with E-state index in [1.165, 1.54) is 19.2 Å². The van der Waals surface area contributed by atoms with Crippen LogP contribution in [0.2, 0.25) is 0 Å². The van der Waals surface area contributed by atoms with Crippen molar-refractivity contribution in [1.82, 2.24) is 4.72 Å². The normalized spacial score (nSPS) is 11.5. The molecule has 0 saturated heterocycles. The summed E-state index contributed by atoms with van der Waals surface area (Å²) in [5.41, 5.74) is 5.25. The maximum Gasteiger partial charge on any atom is 0.240 e. The molecule has 7 heteroatoms. The van der Waals surface area contributed by atoms with Crippen LogP contribution in [0.3, 0.4) is 0 Å². The van der Waals surface area contributed by atoms with Crippen LogP contribution in [0.4, 0.5) is 4.39 Å². The van der Waals surface area contributed by atoms with Crippen LogP contribution in [0.25, 0.3) is 0 Å². The molecule has 0 fully saturated rings. The molecule has 0 saturated carbocycles. The first-order chi connectivity index (χ1) is 8.01. The summed E-state index contributed by atoms with van der Waals surface area (Å²) >= 11 is 0. The van der Waals surface area contributed by atoms with E-state index in [9.17, 15) is 12.8 Å². The van der Waals surface area contributed by atoms with E-state index in [0.717, 1.165) is 6.07 Å². The molecule has 0 aliphatic rings. The van der Waals surface area contributed by atoms with Crippen LogP contribution in [0.15, 0.2) is 23.1 Å². The van der Waals surface area contributed by atoms with Crippen molar-refractivity contribution in [2.45, 2.75) is 11.3 Å². The Bertz CT molecular complexity index is 476. The van der Waals surface area contributed by atoms with Crippen LogP contribution < -0.4 is 15.2 Å². The number of hydrogen-bond donors (Lipinski definition) is 2. The van der Waals surface area contributed by atoms with Gasteiger partial charge in [0.1, 0.15) is 0 Å². The fourth-order valence-electron chi connectivity index (χ4n) is 1.21. The number of methoxy groups -OCH3 is 1. The average Bonchev–Trinajstić information content (AvgIpc) is 2.29. The molecule has 96 valence electrons. The molecule has 0 atom stereocenters. The highest BCUT2D eigenvalue weighted by Gasteiger charge is 2.15. The molecule has 0 radical (unpaired) electrons. The number of benzene rings is 1. The van der Waals surface area contributed by atoms with Crippen LogP contribution in [0.1, 0.15) is 6.42 Å². The molecule has 1 rings (SSSR count). The number of nitrogens with two attached hydrogens (primary N) is 1. The van der Waals surface area contributed by atoms with Crippen molar-refractivity contribution in [2.75, 3.05) is 20.2 Å². The number of rotatable bonds is 6. The first-order valence-electron chi connectivity index (χ1n) is 5.04. The molecule has 5 nitrogen and oxygen atoms in total. The Kier molecular flexibility index (Phi) is 4.86. The van der Waals surface area contributed by atoms with Gasteiger partial charge in [-0.15, -0.1) is 0 Å². The number of sulfonamides is 1. The number of ether oxygens (including phenoxy) is 1. The van der Waals surface area contributed by atoms with E-state index in [1.807, 2.05) is 0 Å². The quantitative estimate of drug-likeness (QED) is 0.730. The predicted octanol–water partition coefficient (Wildman–Crippen LogP) is 0.461. The van der Waals surface area contributed by atoms with E-state index in [1.54, 1.807) is 0 Å². The summed E-state index contributed by atoms with van der Waals surface area (Å²) in [5.74, 6) is -0.708. The third-order valence-electron chi connectivity index (χ3n) is 2.11. The van der Waals surface area contributed by atoms with Gasteiger partial charge >= 0.3 is 0 Å². The number of hydrogen-bond acceptors (Lipinski definition) is 4. The Morgan fingerprint density at radius 1 is 1.47 bits per heavy atom. The minimum absolute atomic E-state index is 0.00547. The minimum Gasteiger partial charge on any atom is -0.494 e. The fourth-order valence-corrected chi connectivity index (χ4v) is 2.29. The molecule has 0 amide bonds. The Morgan fingerprint density at radius 2 is 2.18 bits per heavy atom. The van der Waals surface area contributed by atoms with Gasteiger partial charge in [0.15, 0.2) is 11.6 Å². The minimum atomic E-state index is -3.68. The van der Waals surface area contributed by atoms with Crippen LogP contribution in [0, 0.1) is 5.82 Å². The number of nitrogens with one attached hydrogen (secondary N) is 1. The Labute approximate surface area is 99.8 Å². The second-order valence-corrected chi connectivity index (χ2v) is 5.10. The molecule has 0 heterocycles. The van der Waals surface area contributed by atoms with Gasteiger partial charge in [-0.3, -0.25) is 0 Å². The van der Waals surface area contributed by atoms with Gasteiger partial charge < -0.3 is 10.5 Å². The van der Waals surface area contributed by atoms with E-state index in [2.05, 4.69) is 4.72 Å². The van der Waals surface area contributed by atoms with Crippen molar-refractivity contribution < 1.29 is 17.5 Å². The van der Waals surface area contributed by atoms with Gasteiger partial charge in [0.25, 0.3) is 0 Å². The Balaban J connectivity index is 2.88. The highest BCUT2D eigenvalue weighted by atomic mass is 32.2. The maximum atomic E-state index is 13.3. The van der Waals surface area contributed by atoms with Crippen molar-refractivity contribution in [3.63, 3.8) is 0 Å². The molecule has 0 aliphatic heterocycles. The molecule has 0 aliphatic carbocycles. The first-order valence-corrected chi connectivity index (χ1v) is 6.53. The summed E-state index contributed by atoms with van der Waals surface area (Å²) in [6, 6.07) is 3.48. The van der Waals surface area contributed by atoms with E-state index in [0.29, 0.717) is 13.0 Å². The Morgan fingerprint density at radius 3 is 2.71 bits per heavy atom. The SMILES string of the molecule is COc1ccc(S(=O)(=O)NCCCN)cc1F. The standard InChI is InChI=1S/C10H15FN2O3S/c1-16-10-4-3-8(7-9(10)11)17(14,15)13-6-2-5-12/h3-4,7,13H,2,5-6,12H2,1H3. The summed E-state index contributed by atoms with van der Waals surface area (Å²) in [6.45, 7) is 0.617. The average molecular weight is 262 g/mol. The van der Waals surface area contributed by atoms with Gasteiger partial charge in [0, 0.05) is 6.54 Å². The van der Waals surface area contributed by atoms with Gasteiger partial charge in [0.05, 0.1) is 12.0 Å². The predicted molar refractivity (Wildman–Crippen MR) is 61.8 cm³/mol. The molecule has 3 N–H and O–H groups in total. The molecule has 0 bridgehead atoms. The molecule has 0 unspecified atom stereocenters. The highest BCUT2D eigenvalue weighted by Crippen LogP contribution is 2.20. The molecule has 0 spiro atoms. The summed E-state index contributed by atoms with van der Waals surface area (Å²) in [5, 5.41) is 0. The zero-order valence-electron chi connectivity index (χ0n) is 9.44. The van der Waals surface area contributed by atoms with E-state index < -0.39 is 15.8 Å². The second kappa shape index (κ2) is 5.95. The first kappa shape index (κ1) is 13.9. The lowest BCUT2D eigenvalue weighted by Gasteiger charge is -2.07. The van der Waals surface area contributed by atoms with Crippen LogP contribution in [0.5, 0.6) is 5.75 Å². The Hall–Kier alpha value is -1.18. The third kappa shape index (κ3) is 3.65. The lowest BCUT2D eigenvalue weighted by Crippen LogP contribution is -2.26. The van der Waals surface area contributed by atoms with E-state index in [4.69, 9.17) is 10.5 Å². The maximum absolute atomic E-state index is 13.3. The molecular formula is C10H15FN2O3S. The topological polar surface area (TPSA) is 81.4 Å². The van der Waals surface area contributed by atoms with Crippen molar-refractivity contribution in [3.8, 4) is 5.75 Å². The van der Waals surface area contributed by atoms with Crippen molar-refractivity contribution in [3.05, 3.63) is 24.0 Å². The zero-order valence-corrected chi connectivity index (χ0v) is 10.3. The summed E-state index contributed by atoms with van der Waals surface area (Å²) in [4.78, 5) is -0.132. The van der Waals surface area contributed by atoms with Gasteiger partial charge in [0.2, 0.25) is 10.0 Å². The molecular weight excluding hydrogens is 247 g/mol. The highest BCUT2D eigenvalue weighted by molar-refractivity contribution is 7.89. The molecule has 0 aromatic heterocycles. The van der Waals surface area contributed by atoms with E-state index in [-0.39, 0.29) is 17.2 Å². The summed E-state index contributed by atoms with van der Waals surface area (Å²) in [7, 11) is -2.37. The fraction of sp³-hybridized carbons (Fsp3) is 0.400. The second-order valence-electron chi connectivity index (χ2n) is 3.34. The van der Waals surface area contributed by atoms with Crippen LogP contribution in [-0.2, 0) is 10.0 Å². The third-order valence-corrected chi connectivity index (χ3v) is 3.57. The summed E-state index contributed by atoms with van der Waals surface area (Å²) < 4.78 is 43.8. The largest absolute Gasteiger partial charge is 0.494 e. The van der Waals surface area contributed by atoms with Crippen molar-refractivity contribution in [2.24, 2.45) is 5.73 Å². The lowest BCUT2D eigenvalue weighted by molar-refractivity contribution is 0.385. The molecule has 1 aromatic carbocycles. The van der Waals surface area contributed by atoms with E-state index >= 15 is 0 Å². The van der Waals surface area contributed by atoms with Crippen LogP contribution in [-0.4, -0.2) is 28.6 Å². The lowest BCUT2D eigenvalue weighted by atomic mass is 10.3. The molecule has 1 aromatic rings.